The number of fused-ring (bicyclic) bond motifs is 1. The van der Waals surface area contributed by atoms with Gasteiger partial charge in [-0.1, -0.05) is 51.1 Å². The lowest BCUT2D eigenvalue weighted by Crippen LogP contribution is -2.52. The summed E-state index contributed by atoms with van der Waals surface area (Å²) in [6.07, 6.45) is 0.595. The van der Waals surface area contributed by atoms with Crippen LogP contribution in [0.3, 0.4) is 0 Å². The van der Waals surface area contributed by atoms with Crippen LogP contribution >= 0.6 is 0 Å². The highest BCUT2D eigenvalue weighted by molar-refractivity contribution is 6.73. The Morgan fingerprint density at radius 1 is 1.02 bits per heavy atom. The van der Waals surface area contributed by atoms with Gasteiger partial charge in [0, 0.05) is 18.2 Å². The molecule has 8 nitrogen and oxygen atoms in total. The number of aliphatic hydroxyl groups is 1. The first-order valence-corrected chi connectivity index (χ1v) is 18.0. The second kappa shape index (κ2) is 16.2. The Balaban J connectivity index is 1.98. The van der Waals surface area contributed by atoms with Crippen molar-refractivity contribution in [1.82, 2.24) is 10.3 Å². The largest absolute Gasteiger partial charge is 0.497 e. The molecule has 3 aromatic rings. The topological polar surface area (TPSA) is 99.1 Å². The molecule has 2 N–H and O–H groups in total. The molecule has 9 heteroatoms. The van der Waals surface area contributed by atoms with E-state index >= 15 is 0 Å². The number of aromatic nitrogens is 1. The summed E-state index contributed by atoms with van der Waals surface area (Å²) in [6.45, 7) is 12.9. The van der Waals surface area contributed by atoms with E-state index in [9.17, 15) is 9.90 Å². The molecule has 0 spiro atoms. The number of hydrogen-bond donors (Lipinski definition) is 2. The van der Waals surface area contributed by atoms with Crippen molar-refractivity contribution in [3.05, 3.63) is 71.9 Å². The minimum absolute atomic E-state index is 0.403. The zero-order valence-electron chi connectivity index (χ0n) is 26.9. The number of methoxy groups -OCH3 is 1. The molecule has 0 aliphatic carbocycles. The number of amides is 1. The zero-order valence-corrected chi connectivity index (χ0v) is 27.9. The third-order valence-electron chi connectivity index (χ3n) is 7.92. The smallest absolute Gasteiger partial charge is 0.408 e. The number of rotatable bonds is 16. The Kier molecular flexibility index (Phi) is 13.0. The Bertz CT molecular complexity index is 1270. The van der Waals surface area contributed by atoms with E-state index in [-0.39, 0.29) is 0 Å². The van der Waals surface area contributed by atoms with Gasteiger partial charge >= 0.3 is 6.09 Å². The monoisotopic (exact) mass is 610 g/mol. The summed E-state index contributed by atoms with van der Waals surface area (Å²) in [6, 6.07) is 19.6. The molecule has 1 aromatic heterocycles. The second-order valence-corrected chi connectivity index (χ2v) is 16.7. The van der Waals surface area contributed by atoms with Crippen LogP contribution in [0.4, 0.5) is 4.79 Å². The summed E-state index contributed by atoms with van der Waals surface area (Å²) in [7, 11) is -0.610. The van der Waals surface area contributed by atoms with Gasteiger partial charge in [0.15, 0.2) is 8.32 Å². The summed E-state index contributed by atoms with van der Waals surface area (Å²) in [5.74, 6) is 0.693. The number of alkyl carbamates (subject to hydrolysis) is 1. The zero-order chi connectivity index (χ0) is 31.5. The molecular weight excluding hydrogens is 560 g/mol. The van der Waals surface area contributed by atoms with Crippen LogP contribution in [0.5, 0.6) is 5.75 Å². The van der Waals surface area contributed by atoms with E-state index in [1.54, 1.807) is 13.3 Å². The molecule has 1 amide bonds. The number of aliphatic hydroxyl groups excluding tert-OH is 1. The van der Waals surface area contributed by atoms with Crippen molar-refractivity contribution in [3.63, 3.8) is 0 Å². The van der Waals surface area contributed by atoms with Crippen molar-refractivity contribution >= 4 is 25.3 Å². The highest BCUT2D eigenvalue weighted by Crippen LogP contribution is 2.37. The van der Waals surface area contributed by atoms with E-state index < -0.39 is 38.3 Å². The molecule has 0 aliphatic heterocycles. The van der Waals surface area contributed by atoms with E-state index in [0.717, 1.165) is 40.2 Å². The standard InChI is InChI=1S/C34H50N2O6Si/c1-8-43(9-2,10-3)42-32(27-20-21-35-29-19-18-26(39-7)23-28(27)29)31(36-33(38)41-34(4,5)6)30(37)17-14-22-40-24-25-15-12-11-13-16-25/h11-13,15-16,18-21,23,30-32,37H,8-10,14,17,22,24H2,1-7H3,(H,36,38)/t30-,31+,32-/m1/s1. The van der Waals surface area contributed by atoms with Crippen LogP contribution in [0.15, 0.2) is 60.8 Å². The molecule has 43 heavy (non-hydrogen) atoms. The molecule has 0 fully saturated rings. The Morgan fingerprint density at radius 3 is 2.35 bits per heavy atom. The van der Waals surface area contributed by atoms with E-state index in [1.165, 1.54) is 0 Å². The molecule has 0 radical (unpaired) electrons. The van der Waals surface area contributed by atoms with E-state index in [2.05, 4.69) is 31.1 Å². The highest BCUT2D eigenvalue weighted by Gasteiger charge is 2.40. The molecule has 0 saturated carbocycles. The predicted molar refractivity (Wildman–Crippen MR) is 174 cm³/mol. The molecular formula is C34H50N2O6Si. The van der Waals surface area contributed by atoms with Crippen LogP contribution in [0.25, 0.3) is 10.9 Å². The van der Waals surface area contributed by atoms with Crippen molar-refractivity contribution in [1.29, 1.82) is 0 Å². The van der Waals surface area contributed by atoms with E-state index in [0.29, 0.717) is 31.8 Å². The first-order chi connectivity index (χ1) is 20.5. The average molecular weight is 611 g/mol. The van der Waals surface area contributed by atoms with Gasteiger partial charge in [-0.05, 0) is 87.1 Å². The number of carbonyl (C=O) groups is 1. The summed E-state index contributed by atoms with van der Waals surface area (Å²) in [4.78, 5) is 17.8. The van der Waals surface area contributed by atoms with Crippen LogP contribution in [0, 0.1) is 0 Å². The summed E-state index contributed by atoms with van der Waals surface area (Å²) >= 11 is 0. The number of carbonyl (C=O) groups excluding carboxylic acids is 1. The molecule has 3 atom stereocenters. The van der Waals surface area contributed by atoms with Gasteiger partial charge in [-0.15, -0.1) is 0 Å². The normalized spacial score (nSPS) is 14.2. The lowest BCUT2D eigenvalue weighted by molar-refractivity contribution is 0.0123. The third-order valence-corrected chi connectivity index (χ3v) is 12.5. The van der Waals surface area contributed by atoms with Crippen LogP contribution in [-0.2, 0) is 20.5 Å². The second-order valence-electron chi connectivity index (χ2n) is 12.0. The van der Waals surface area contributed by atoms with Gasteiger partial charge < -0.3 is 29.1 Å². The maximum atomic E-state index is 13.2. The Hall–Kier alpha value is -2.98. The SMILES string of the molecule is CC[Si](CC)(CC)O[C@H](c1ccnc2ccc(OC)cc12)[C@@H](NC(=O)OC(C)(C)C)[C@H](O)CCCOCc1ccccc1. The van der Waals surface area contributed by atoms with Crippen molar-refractivity contribution in [3.8, 4) is 5.75 Å². The summed E-state index contributed by atoms with van der Waals surface area (Å²) in [5, 5.41) is 15.6. The van der Waals surface area contributed by atoms with Gasteiger partial charge in [0.2, 0.25) is 0 Å². The van der Waals surface area contributed by atoms with E-state index in [4.69, 9.17) is 18.6 Å². The number of ether oxygens (including phenoxy) is 3. The lowest BCUT2D eigenvalue weighted by atomic mass is 9.93. The maximum absolute atomic E-state index is 13.2. The Labute approximate surface area is 258 Å². The fourth-order valence-electron chi connectivity index (χ4n) is 5.28. The van der Waals surface area contributed by atoms with E-state index in [1.807, 2.05) is 75.4 Å². The maximum Gasteiger partial charge on any atom is 0.408 e. The van der Waals surface area contributed by atoms with Crippen molar-refractivity contribution < 1.29 is 28.5 Å². The van der Waals surface area contributed by atoms with Gasteiger partial charge in [-0.2, -0.15) is 0 Å². The molecule has 0 saturated heterocycles. The first kappa shape index (κ1) is 34.5. The van der Waals surface area contributed by atoms with Crippen LogP contribution < -0.4 is 10.1 Å². The molecule has 3 rings (SSSR count). The molecule has 236 valence electrons. The fourth-order valence-corrected chi connectivity index (χ4v) is 8.09. The number of nitrogens with one attached hydrogen (secondary N) is 1. The van der Waals surface area contributed by atoms with Gasteiger partial charge in [0.25, 0.3) is 0 Å². The van der Waals surface area contributed by atoms with Gasteiger partial charge in [0.1, 0.15) is 11.4 Å². The summed E-state index contributed by atoms with van der Waals surface area (Å²) < 4.78 is 24.3. The molecule has 2 aromatic carbocycles. The molecule has 0 unspecified atom stereocenters. The first-order valence-electron chi connectivity index (χ1n) is 15.4. The van der Waals surface area contributed by atoms with Gasteiger partial charge in [-0.3, -0.25) is 4.98 Å². The average Bonchev–Trinajstić information content (AvgIpc) is 3.00. The molecule has 0 aliphatic rings. The van der Waals surface area contributed by atoms with Gasteiger partial charge in [-0.25, -0.2) is 4.79 Å². The fraction of sp³-hybridized carbons (Fsp3) is 0.529. The molecule has 1 heterocycles. The van der Waals surface area contributed by atoms with Crippen molar-refractivity contribution in [2.24, 2.45) is 0 Å². The number of benzene rings is 2. The number of hydrogen-bond acceptors (Lipinski definition) is 7. The quantitative estimate of drug-likeness (QED) is 0.128. The Morgan fingerprint density at radius 2 is 1.72 bits per heavy atom. The van der Waals surface area contributed by atoms with Crippen LogP contribution in [0.2, 0.25) is 18.1 Å². The van der Waals surface area contributed by atoms with Crippen molar-refractivity contribution in [2.75, 3.05) is 13.7 Å². The number of nitrogens with zero attached hydrogens (tertiary/aromatic N) is 1. The van der Waals surface area contributed by atoms with Crippen LogP contribution in [0.1, 0.15) is 71.6 Å². The van der Waals surface area contributed by atoms with Crippen LogP contribution in [-0.4, -0.2) is 56.0 Å². The third kappa shape index (κ3) is 10.0. The van der Waals surface area contributed by atoms with Gasteiger partial charge in [0.05, 0.1) is 37.5 Å². The molecule has 0 bridgehead atoms. The lowest BCUT2D eigenvalue weighted by Gasteiger charge is -2.39. The minimum Gasteiger partial charge on any atom is -0.497 e. The van der Waals surface area contributed by atoms with Crippen molar-refractivity contribution in [2.45, 2.75) is 103 Å². The summed E-state index contributed by atoms with van der Waals surface area (Å²) in [5.41, 5.74) is 2.02. The number of pyridine rings is 1. The highest BCUT2D eigenvalue weighted by atomic mass is 28.4. The predicted octanol–water partition coefficient (Wildman–Crippen LogP) is 7.56. The minimum atomic E-state index is -2.24.